The number of nitrogens with zero attached hydrogens (tertiary/aromatic N) is 1. The molecule has 0 aliphatic carbocycles. The lowest BCUT2D eigenvalue weighted by atomic mass is 10.2. The van der Waals surface area contributed by atoms with E-state index in [1.165, 1.54) is 12.4 Å². The number of H-pyrrole nitrogens is 1. The van der Waals surface area contributed by atoms with Crippen molar-refractivity contribution in [3.05, 3.63) is 34.9 Å². The molecule has 0 saturated heterocycles. The van der Waals surface area contributed by atoms with Crippen LogP contribution in [0.5, 0.6) is 0 Å². The van der Waals surface area contributed by atoms with Crippen molar-refractivity contribution in [3.63, 3.8) is 0 Å². The molecule has 0 aliphatic heterocycles. The van der Waals surface area contributed by atoms with Gasteiger partial charge in [0.1, 0.15) is 0 Å². The number of sulfonamides is 1. The predicted octanol–water partition coefficient (Wildman–Crippen LogP) is 2.64. The van der Waals surface area contributed by atoms with Gasteiger partial charge in [0.05, 0.1) is 23.0 Å². The first-order valence-corrected chi connectivity index (χ1v) is 9.15. The fraction of sp³-hybridized carbons (Fsp3) is 0.467. The summed E-state index contributed by atoms with van der Waals surface area (Å²) in [7, 11) is -3.39. The molecule has 0 unspecified atom stereocenters. The zero-order chi connectivity index (χ0) is 16.0. The fourth-order valence-electron chi connectivity index (χ4n) is 2.26. The Hall–Kier alpha value is -1.89. The highest BCUT2D eigenvalue weighted by molar-refractivity contribution is 7.92. The van der Waals surface area contributed by atoms with Crippen LogP contribution in [0.25, 0.3) is 10.9 Å². The summed E-state index contributed by atoms with van der Waals surface area (Å²) in [6.45, 7) is 2.12. The highest BCUT2D eigenvalue weighted by Gasteiger charge is 2.11. The van der Waals surface area contributed by atoms with E-state index in [-0.39, 0.29) is 11.3 Å². The Morgan fingerprint density at radius 2 is 1.95 bits per heavy atom. The van der Waals surface area contributed by atoms with E-state index >= 15 is 0 Å². The predicted molar refractivity (Wildman–Crippen MR) is 88.5 cm³/mol. The Kier molecular flexibility index (Phi) is 5.54. The van der Waals surface area contributed by atoms with Gasteiger partial charge in [0.25, 0.3) is 5.56 Å². The van der Waals surface area contributed by atoms with Crippen molar-refractivity contribution in [1.82, 2.24) is 9.97 Å². The van der Waals surface area contributed by atoms with Gasteiger partial charge in [-0.15, -0.1) is 0 Å². The molecule has 2 rings (SSSR count). The van der Waals surface area contributed by atoms with Gasteiger partial charge in [-0.3, -0.25) is 9.52 Å². The maximum Gasteiger partial charge on any atom is 0.258 e. The number of anilines is 1. The molecule has 0 fully saturated rings. The minimum Gasteiger partial charge on any atom is -0.313 e. The molecular formula is C15H21N3O3S. The first kappa shape index (κ1) is 16.5. The largest absolute Gasteiger partial charge is 0.313 e. The number of hydrogen-bond donors (Lipinski definition) is 2. The molecule has 2 aromatic rings. The summed E-state index contributed by atoms with van der Waals surface area (Å²) in [4.78, 5) is 18.2. The van der Waals surface area contributed by atoms with Crippen molar-refractivity contribution in [2.45, 2.75) is 39.0 Å². The number of nitrogens with one attached hydrogen (secondary N) is 2. The van der Waals surface area contributed by atoms with Gasteiger partial charge in [0, 0.05) is 5.69 Å². The molecule has 0 saturated carbocycles. The SMILES string of the molecule is CCCCCCCS(=O)(=O)Nc1ccc2nc[nH]c(=O)c2c1. The van der Waals surface area contributed by atoms with E-state index in [2.05, 4.69) is 21.6 Å². The first-order valence-electron chi connectivity index (χ1n) is 7.50. The highest BCUT2D eigenvalue weighted by atomic mass is 32.2. The van der Waals surface area contributed by atoms with Crippen LogP contribution in [0, 0.1) is 0 Å². The van der Waals surface area contributed by atoms with Gasteiger partial charge >= 0.3 is 0 Å². The standard InChI is InChI=1S/C15H21N3O3S/c1-2-3-4-5-6-9-22(20,21)18-12-7-8-14-13(10-12)15(19)17-11-16-14/h7-8,10-11,18H,2-6,9H2,1H3,(H,16,17,19). The smallest absolute Gasteiger partial charge is 0.258 e. The maximum absolute atomic E-state index is 12.0. The number of hydrogen-bond acceptors (Lipinski definition) is 4. The van der Waals surface area contributed by atoms with Crippen LogP contribution in [0.4, 0.5) is 5.69 Å². The molecule has 1 heterocycles. The van der Waals surface area contributed by atoms with Gasteiger partial charge in [-0.05, 0) is 24.6 Å². The van der Waals surface area contributed by atoms with Crippen LogP contribution in [0.3, 0.4) is 0 Å². The third kappa shape index (κ3) is 4.56. The van der Waals surface area contributed by atoms with Crippen LogP contribution in [0.1, 0.15) is 39.0 Å². The Morgan fingerprint density at radius 1 is 1.18 bits per heavy atom. The monoisotopic (exact) mass is 323 g/mol. The van der Waals surface area contributed by atoms with Crippen molar-refractivity contribution < 1.29 is 8.42 Å². The number of fused-ring (bicyclic) bond motifs is 1. The molecule has 0 spiro atoms. The Labute approximate surface area is 130 Å². The van der Waals surface area contributed by atoms with Gasteiger partial charge in [-0.25, -0.2) is 13.4 Å². The maximum atomic E-state index is 12.0. The number of rotatable bonds is 8. The second kappa shape index (κ2) is 7.40. The van der Waals surface area contributed by atoms with E-state index < -0.39 is 10.0 Å². The number of aromatic nitrogens is 2. The van der Waals surface area contributed by atoms with Crippen molar-refractivity contribution in [2.75, 3.05) is 10.5 Å². The van der Waals surface area contributed by atoms with Crippen molar-refractivity contribution in [2.24, 2.45) is 0 Å². The highest BCUT2D eigenvalue weighted by Crippen LogP contribution is 2.16. The molecule has 1 aromatic carbocycles. The molecule has 22 heavy (non-hydrogen) atoms. The number of benzene rings is 1. The summed E-state index contributed by atoms with van der Waals surface area (Å²) >= 11 is 0. The minimum atomic E-state index is -3.39. The third-order valence-corrected chi connectivity index (χ3v) is 4.80. The molecule has 7 heteroatoms. The summed E-state index contributed by atoms with van der Waals surface area (Å²) in [5.74, 6) is 0.0954. The van der Waals surface area contributed by atoms with Crippen LogP contribution in [0.15, 0.2) is 29.3 Å². The van der Waals surface area contributed by atoms with E-state index in [4.69, 9.17) is 0 Å². The molecule has 120 valence electrons. The van der Waals surface area contributed by atoms with Gasteiger partial charge in [0.15, 0.2) is 0 Å². The summed E-state index contributed by atoms with van der Waals surface area (Å²) in [5, 5.41) is 0.366. The van der Waals surface area contributed by atoms with Gasteiger partial charge in [-0.1, -0.05) is 32.6 Å². The van der Waals surface area contributed by atoms with Crippen LogP contribution >= 0.6 is 0 Å². The van der Waals surface area contributed by atoms with Crippen molar-refractivity contribution >= 4 is 26.6 Å². The quantitative estimate of drug-likeness (QED) is 0.730. The Morgan fingerprint density at radius 3 is 2.73 bits per heavy atom. The Balaban J connectivity index is 2.03. The fourth-order valence-corrected chi connectivity index (χ4v) is 3.43. The lowest BCUT2D eigenvalue weighted by Gasteiger charge is -2.08. The average molecular weight is 323 g/mol. The minimum absolute atomic E-state index is 0.0954. The molecular weight excluding hydrogens is 302 g/mol. The second-order valence-electron chi connectivity index (χ2n) is 5.30. The summed E-state index contributed by atoms with van der Waals surface area (Å²) in [6.07, 6.45) is 6.20. The van der Waals surface area contributed by atoms with Gasteiger partial charge in [0.2, 0.25) is 10.0 Å². The zero-order valence-corrected chi connectivity index (χ0v) is 13.4. The van der Waals surface area contributed by atoms with E-state index in [0.717, 1.165) is 25.7 Å². The van der Waals surface area contributed by atoms with Crippen LogP contribution in [-0.4, -0.2) is 24.1 Å². The van der Waals surface area contributed by atoms with E-state index in [1.807, 2.05) is 0 Å². The molecule has 6 nitrogen and oxygen atoms in total. The third-order valence-electron chi connectivity index (χ3n) is 3.43. The van der Waals surface area contributed by atoms with Gasteiger partial charge in [-0.2, -0.15) is 0 Å². The molecule has 0 amide bonds. The summed E-state index contributed by atoms with van der Waals surface area (Å²) in [6, 6.07) is 4.75. The van der Waals surface area contributed by atoms with Crippen molar-refractivity contribution in [1.29, 1.82) is 0 Å². The average Bonchev–Trinajstić information content (AvgIpc) is 2.47. The molecule has 2 N–H and O–H groups in total. The van der Waals surface area contributed by atoms with Crippen molar-refractivity contribution in [3.8, 4) is 0 Å². The molecule has 0 radical (unpaired) electrons. The molecule has 0 atom stereocenters. The molecule has 0 aliphatic rings. The summed E-state index contributed by atoms with van der Waals surface area (Å²) in [5.41, 5.74) is 0.636. The lowest BCUT2D eigenvalue weighted by Crippen LogP contribution is -2.17. The number of unbranched alkanes of at least 4 members (excludes halogenated alkanes) is 4. The van der Waals surface area contributed by atoms with Crippen LogP contribution < -0.4 is 10.3 Å². The molecule has 0 bridgehead atoms. The molecule has 1 aromatic heterocycles. The van der Waals surface area contributed by atoms with Crippen LogP contribution in [-0.2, 0) is 10.0 Å². The topological polar surface area (TPSA) is 91.9 Å². The normalized spacial score (nSPS) is 11.7. The van der Waals surface area contributed by atoms with Gasteiger partial charge < -0.3 is 4.98 Å². The van der Waals surface area contributed by atoms with Crippen LogP contribution in [0.2, 0.25) is 0 Å². The first-order chi connectivity index (χ1) is 10.5. The summed E-state index contributed by atoms with van der Waals surface area (Å²) < 4.78 is 26.6. The Bertz CT molecular complexity index is 784. The number of aromatic amines is 1. The second-order valence-corrected chi connectivity index (χ2v) is 7.14. The van der Waals surface area contributed by atoms with E-state index in [9.17, 15) is 13.2 Å². The zero-order valence-electron chi connectivity index (χ0n) is 12.6. The van der Waals surface area contributed by atoms with E-state index in [1.54, 1.807) is 12.1 Å². The lowest BCUT2D eigenvalue weighted by molar-refractivity contribution is 0.591. The van der Waals surface area contributed by atoms with E-state index in [0.29, 0.717) is 23.0 Å².